The Bertz CT molecular complexity index is 437. The van der Waals surface area contributed by atoms with E-state index in [9.17, 15) is 0 Å². The number of anilines is 3. The molecule has 0 saturated carbocycles. The van der Waals surface area contributed by atoms with Crippen molar-refractivity contribution in [2.75, 3.05) is 55.1 Å². The Morgan fingerprint density at radius 3 is 2.62 bits per heavy atom. The van der Waals surface area contributed by atoms with Gasteiger partial charge in [0.25, 0.3) is 0 Å². The van der Waals surface area contributed by atoms with Gasteiger partial charge in [-0.3, -0.25) is 5.43 Å². The van der Waals surface area contributed by atoms with Crippen LogP contribution in [-0.2, 0) is 4.74 Å². The third-order valence-electron chi connectivity index (χ3n) is 3.61. The molecule has 118 valence electrons. The number of piperidine rings is 1. The molecule has 3 N–H and O–H groups in total. The van der Waals surface area contributed by atoms with Gasteiger partial charge in [0.15, 0.2) is 0 Å². The minimum absolute atomic E-state index is 0.399. The van der Waals surface area contributed by atoms with Crippen molar-refractivity contribution in [2.24, 2.45) is 5.84 Å². The molecule has 1 aromatic rings. The largest absolute Gasteiger partial charge is 0.383 e. The number of nitrogens with zero attached hydrogens (tertiary/aromatic N) is 5. The first-order chi connectivity index (χ1) is 10.3. The van der Waals surface area contributed by atoms with Crippen LogP contribution in [0.4, 0.5) is 17.8 Å². The maximum atomic E-state index is 5.49. The number of aromatic nitrogens is 3. The van der Waals surface area contributed by atoms with Crippen LogP contribution in [0.5, 0.6) is 0 Å². The van der Waals surface area contributed by atoms with E-state index in [1.165, 1.54) is 19.3 Å². The smallest absolute Gasteiger partial charge is 0.243 e. The molecule has 0 bridgehead atoms. The fourth-order valence-electron chi connectivity index (χ4n) is 2.40. The molecule has 1 aliphatic rings. The zero-order chi connectivity index (χ0) is 15.1. The van der Waals surface area contributed by atoms with Gasteiger partial charge in [-0.05, 0) is 26.2 Å². The summed E-state index contributed by atoms with van der Waals surface area (Å²) in [6.45, 7) is 6.20. The topological polar surface area (TPSA) is 92.4 Å². The van der Waals surface area contributed by atoms with E-state index in [2.05, 4.69) is 37.1 Å². The van der Waals surface area contributed by atoms with E-state index in [4.69, 9.17) is 10.6 Å². The van der Waals surface area contributed by atoms with Crippen LogP contribution in [0.25, 0.3) is 0 Å². The van der Waals surface area contributed by atoms with Crippen molar-refractivity contribution in [3.05, 3.63) is 0 Å². The lowest BCUT2D eigenvalue weighted by atomic mass is 10.1. The monoisotopic (exact) mass is 295 g/mol. The number of nitrogens with two attached hydrogens (primary N) is 1. The second-order valence-corrected chi connectivity index (χ2v) is 5.02. The zero-order valence-electron chi connectivity index (χ0n) is 12.9. The number of nitrogen functional groups attached to an aromatic ring is 1. The van der Waals surface area contributed by atoms with Crippen molar-refractivity contribution in [2.45, 2.75) is 26.2 Å². The molecule has 1 saturated heterocycles. The number of nitrogens with one attached hydrogen (secondary N) is 1. The minimum atomic E-state index is 0.399. The van der Waals surface area contributed by atoms with Gasteiger partial charge in [-0.2, -0.15) is 15.0 Å². The molecule has 1 fully saturated rings. The van der Waals surface area contributed by atoms with Crippen LogP contribution in [0.15, 0.2) is 0 Å². The van der Waals surface area contributed by atoms with Gasteiger partial charge in [0.2, 0.25) is 17.8 Å². The molecule has 0 amide bonds. The first kappa shape index (κ1) is 15.7. The number of ether oxygens (including phenoxy) is 1. The van der Waals surface area contributed by atoms with Crippen LogP contribution in [0.3, 0.4) is 0 Å². The van der Waals surface area contributed by atoms with Crippen molar-refractivity contribution >= 4 is 17.8 Å². The number of methoxy groups -OCH3 is 1. The van der Waals surface area contributed by atoms with Crippen LogP contribution >= 0.6 is 0 Å². The highest BCUT2D eigenvalue weighted by Crippen LogP contribution is 2.19. The molecule has 1 aliphatic heterocycles. The molecule has 2 heterocycles. The third kappa shape index (κ3) is 4.15. The van der Waals surface area contributed by atoms with E-state index in [1.807, 2.05) is 0 Å². The first-order valence-electron chi connectivity index (χ1n) is 7.50. The summed E-state index contributed by atoms with van der Waals surface area (Å²) in [5.41, 5.74) is 2.54. The van der Waals surface area contributed by atoms with E-state index in [0.29, 0.717) is 24.5 Å². The molecule has 0 radical (unpaired) electrons. The number of hydrogen-bond donors (Lipinski definition) is 2. The summed E-state index contributed by atoms with van der Waals surface area (Å²) >= 11 is 0. The van der Waals surface area contributed by atoms with Gasteiger partial charge in [0.05, 0.1) is 6.61 Å². The number of likely N-dealkylation sites (N-methyl/N-ethyl adjacent to an activating group) is 1. The van der Waals surface area contributed by atoms with Crippen LogP contribution in [0.1, 0.15) is 26.2 Å². The SMILES string of the molecule is CCN(CCOC)c1nc(NN)nc(N2CCCCC2)n1. The van der Waals surface area contributed by atoms with Crippen molar-refractivity contribution in [3.8, 4) is 0 Å². The summed E-state index contributed by atoms with van der Waals surface area (Å²) in [5.74, 6) is 7.23. The van der Waals surface area contributed by atoms with Crippen molar-refractivity contribution in [3.63, 3.8) is 0 Å². The zero-order valence-corrected chi connectivity index (χ0v) is 12.9. The molecule has 0 aromatic carbocycles. The van der Waals surface area contributed by atoms with Gasteiger partial charge in [-0.1, -0.05) is 0 Å². The van der Waals surface area contributed by atoms with Crippen LogP contribution in [0.2, 0.25) is 0 Å². The third-order valence-corrected chi connectivity index (χ3v) is 3.61. The van der Waals surface area contributed by atoms with E-state index in [-0.39, 0.29) is 0 Å². The van der Waals surface area contributed by atoms with Crippen LogP contribution in [0, 0.1) is 0 Å². The molecular formula is C13H25N7O. The summed E-state index contributed by atoms with van der Waals surface area (Å²) in [5, 5.41) is 0. The lowest BCUT2D eigenvalue weighted by Gasteiger charge is -2.28. The van der Waals surface area contributed by atoms with Crippen LogP contribution < -0.4 is 21.1 Å². The summed E-state index contributed by atoms with van der Waals surface area (Å²) in [7, 11) is 1.69. The average molecular weight is 295 g/mol. The summed E-state index contributed by atoms with van der Waals surface area (Å²) in [4.78, 5) is 17.6. The van der Waals surface area contributed by atoms with Gasteiger partial charge < -0.3 is 14.5 Å². The molecule has 0 aliphatic carbocycles. The Morgan fingerprint density at radius 2 is 2.00 bits per heavy atom. The summed E-state index contributed by atoms with van der Waals surface area (Å²) in [6.07, 6.45) is 3.62. The number of hydrogen-bond acceptors (Lipinski definition) is 8. The second-order valence-electron chi connectivity index (χ2n) is 5.02. The molecule has 0 spiro atoms. The highest BCUT2D eigenvalue weighted by atomic mass is 16.5. The molecule has 8 heteroatoms. The van der Waals surface area contributed by atoms with Crippen LogP contribution in [-0.4, -0.2) is 54.8 Å². The van der Waals surface area contributed by atoms with E-state index in [1.54, 1.807) is 7.11 Å². The van der Waals surface area contributed by atoms with Gasteiger partial charge in [-0.15, -0.1) is 0 Å². The van der Waals surface area contributed by atoms with E-state index < -0.39 is 0 Å². The number of hydrazine groups is 1. The Balaban J connectivity index is 2.23. The van der Waals surface area contributed by atoms with Crippen molar-refractivity contribution in [1.29, 1.82) is 0 Å². The summed E-state index contributed by atoms with van der Waals surface area (Å²) < 4.78 is 5.14. The molecule has 0 atom stereocenters. The number of rotatable bonds is 7. The normalized spacial score (nSPS) is 15.1. The van der Waals surface area contributed by atoms with E-state index >= 15 is 0 Å². The maximum absolute atomic E-state index is 5.49. The van der Waals surface area contributed by atoms with Gasteiger partial charge in [0.1, 0.15) is 0 Å². The van der Waals surface area contributed by atoms with Gasteiger partial charge >= 0.3 is 0 Å². The molecule has 2 rings (SSSR count). The molecule has 8 nitrogen and oxygen atoms in total. The Hall–Kier alpha value is -1.67. The Labute approximate surface area is 125 Å². The van der Waals surface area contributed by atoms with Gasteiger partial charge in [-0.25, -0.2) is 5.84 Å². The Kier molecular flexibility index (Phi) is 5.94. The summed E-state index contributed by atoms with van der Waals surface area (Å²) in [6, 6.07) is 0. The quantitative estimate of drug-likeness (QED) is 0.558. The first-order valence-corrected chi connectivity index (χ1v) is 7.50. The fraction of sp³-hybridized carbons (Fsp3) is 0.769. The average Bonchev–Trinajstić information content (AvgIpc) is 2.56. The Morgan fingerprint density at radius 1 is 1.24 bits per heavy atom. The minimum Gasteiger partial charge on any atom is -0.383 e. The van der Waals surface area contributed by atoms with Crippen molar-refractivity contribution < 1.29 is 4.74 Å². The molecule has 0 unspecified atom stereocenters. The standard InChI is InChI=1S/C13H25N7O/c1-3-19(9-10-21-2)12-15-11(18-14)16-13(17-12)20-7-5-4-6-8-20/h3-10,14H2,1-2H3,(H,15,16,17,18). The molecular weight excluding hydrogens is 270 g/mol. The fourth-order valence-corrected chi connectivity index (χ4v) is 2.40. The highest BCUT2D eigenvalue weighted by Gasteiger charge is 2.18. The predicted octanol–water partition coefficient (Wildman–Crippen LogP) is 0.620. The van der Waals surface area contributed by atoms with E-state index in [0.717, 1.165) is 26.2 Å². The molecule has 1 aromatic heterocycles. The van der Waals surface area contributed by atoms with Gasteiger partial charge in [0, 0.05) is 33.3 Å². The maximum Gasteiger partial charge on any atom is 0.243 e. The lowest BCUT2D eigenvalue weighted by molar-refractivity contribution is 0.205. The molecule has 21 heavy (non-hydrogen) atoms. The van der Waals surface area contributed by atoms with Crippen molar-refractivity contribution in [1.82, 2.24) is 15.0 Å². The highest BCUT2D eigenvalue weighted by molar-refractivity contribution is 5.45. The predicted molar refractivity (Wildman–Crippen MR) is 83.5 cm³/mol. The lowest BCUT2D eigenvalue weighted by Crippen LogP contribution is -2.34. The second kappa shape index (κ2) is 7.94.